The Kier molecular flexibility index (Phi) is 7.40. The van der Waals surface area contributed by atoms with Crippen LogP contribution in [0.15, 0.2) is 18.2 Å². The van der Waals surface area contributed by atoms with E-state index in [9.17, 15) is 0 Å². The van der Waals surface area contributed by atoms with Crippen molar-refractivity contribution in [2.45, 2.75) is 51.6 Å². The summed E-state index contributed by atoms with van der Waals surface area (Å²) in [7, 11) is 1.71. The van der Waals surface area contributed by atoms with E-state index < -0.39 is 0 Å². The Morgan fingerprint density at radius 1 is 1.27 bits per heavy atom. The molecule has 124 valence electrons. The highest BCUT2D eigenvalue weighted by molar-refractivity contribution is 7.99. The van der Waals surface area contributed by atoms with Crippen molar-refractivity contribution in [2.24, 2.45) is 0 Å². The molecular weight excluding hydrogens is 294 g/mol. The second-order valence-corrected chi connectivity index (χ2v) is 7.11. The highest BCUT2D eigenvalue weighted by Crippen LogP contribution is 2.31. The molecule has 0 bridgehead atoms. The van der Waals surface area contributed by atoms with Gasteiger partial charge in [0.25, 0.3) is 0 Å². The van der Waals surface area contributed by atoms with E-state index in [-0.39, 0.29) is 0 Å². The van der Waals surface area contributed by atoms with Crippen LogP contribution in [0.2, 0.25) is 0 Å². The van der Waals surface area contributed by atoms with E-state index in [1.54, 1.807) is 7.11 Å². The number of rotatable bonds is 8. The van der Waals surface area contributed by atoms with E-state index in [0.717, 1.165) is 30.9 Å². The molecule has 22 heavy (non-hydrogen) atoms. The Labute approximate surface area is 139 Å². The molecule has 1 saturated heterocycles. The summed E-state index contributed by atoms with van der Waals surface area (Å²) in [5.74, 6) is 4.23. The van der Waals surface area contributed by atoms with Crippen LogP contribution >= 0.6 is 11.8 Å². The van der Waals surface area contributed by atoms with Crippen molar-refractivity contribution in [2.75, 3.05) is 25.2 Å². The predicted octanol–water partition coefficient (Wildman–Crippen LogP) is 4.42. The highest BCUT2D eigenvalue weighted by atomic mass is 32.2. The minimum absolute atomic E-state index is 0.340. The van der Waals surface area contributed by atoms with Crippen molar-refractivity contribution < 1.29 is 9.47 Å². The molecule has 1 aromatic carbocycles. The van der Waals surface area contributed by atoms with Gasteiger partial charge in [0, 0.05) is 12.1 Å². The Balaban J connectivity index is 1.97. The lowest BCUT2D eigenvalue weighted by molar-refractivity contribution is 0.288. The third kappa shape index (κ3) is 5.10. The fraction of sp³-hybridized carbons (Fsp3) is 0.667. The molecule has 0 spiro atoms. The van der Waals surface area contributed by atoms with Gasteiger partial charge in [-0.15, -0.1) is 0 Å². The molecule has 1 aliphatic heterocycles. The third-order valence-corrected chi connectivity index (χ3v) is 5.20. The maximum Gasteiger partial charge on any atom is 0.161 e. The van der Waals surface area contributed by atoms with Gasteiger partial charge in [0.05, 0.1) is 13.7 Å². The van der Waals surface area contributed by atoms with Crippen LogP contribution in [0.3, 0.4) is 0 Å². The molecule has 1 aliphatic rings. The summed E-state index contributed by atoms with van der Waals surface area (Å²) in [5.41, 5.74) is 1.26. The van der Waals surface area contributed by atoms with Crippen LogP contribution < -0.4 is 14.8 Å². The molecule has 0 aliphatic carbocycles. The van der Waals surface area contributed by atoms with E-state index in [4.69, 9.17) is 9.47 Å². The average molecular weight is 324 g/mol. The van der Waals surface area contributed by atoms with Gasteiger partial charge >= 0.3 is 0 Å². The molecule has 4 heteroatoms. The predicted molar refractivity (Wildman–Crippen MR) is 95.3 cm³/mol. The Morgan fingerprint density at radius 2 is 2.05 bits per heavy atom. The summed E-state index contributed by atoms with van der Waals surface area (Å²) < 4.78 is 11.3. The first-order valence-corrected chi connectivity index (χ1v) is 9.54. The Hall–Kier alpha value is -0.870. The number of ether oxygens (including phenoxy) is 2. The molecule has 1 unspecified atom stereocenters. The lowest BCUT2D eigenvalue weighted by Gasteiger charge is -2.27. The highest BCUT2D eigenvalue weighted by Gasteiger charge is 2.17. The molecule has 1 N–H and O–H groups in total. The maximum atomic E-state index is 5.80. The van der Waals surface area contributed by atoms with Crippen LogP contribution in [-0.2, 0) is 0 Å². The first kappa shape index (κ1) is 17.5. The fourth-order valence-corrected chi connectivity index (χ4v) is 3.82. The monoisotopic (exact) mass is 323 g/mol. The topological polar surface area (TPSA) is 30.5 Å². The maximum absolute atomic E-state index is 5.80. The van der Waals surface area contributed by atoms with Crippen molar-refractivity contribution in [3.63, 3.8) is 0 Å². The van der Waals surface area contributed by atoms with Crippen molar-refractivity contribution in [3.05, 3.63) is 23.8 Å². The molecule has 0 saturated carbocycles. The molecule has 3 nitrogen and oxygen atoms in total. The SMILES string of the molecule is CCCCOc1ccc(C(C)NC2CCSCC2)cc1OC. The van der Waals surface area contributed by atoms with Gasteiger partial charge in [-0.05, 0) is 55.4 Å². The number of nitrogens with one attached hydrogen (secondary N) is 1. The number of benzene rings is 1. The second-order valence-electron chi connectivity index (χ2n) is 5.89. The zero-order chi connectivity index (χ0) is 15.8. The summed E-state index contributed by atoms with van der Waals surface area (Å²) in [6, 6.07) is 7.28. The van der Waals surface area contributed by atoms with Crippen LogP contribution in [0.5, 0.6) is 11.5 Å². The van der Waals surface area contributed by atoms with Crippen molar-refractivity contribution in [1.29, 1.82) is 0 Å². The third-order valence-electron chi connectivity index (χ3n) is 4.15. The minimum atomic E-state index is 0.340. The van der Waals surface area contributed by atoms with Crippen molar-refractivity contribution in [3.8, 4) is 11.5 Å². The second kappa shape index (κ2) is 9.31. The number of unbranched alkanes of at least 4 members (excludes halogenated alkanes) is 1. The van der Waals surface area contributed by atoms with Crippen molar-refractivity contribution >= 4 is 11.8 Å². The molecule has 1 fully saturated rings. The fourth-order valence-electron chi connectivity index (χ4n) is 2.71. The summed E-state index contributed by atoms with van der Waals surface area (Å²) in [6.07, 6.45) is 4.75. The van der Waals surface area contributed by atoms with Gasteiger partial charge in [-0.3, -0.25) is 0 Å². The largest absolute Gasteiger partial charge is 0.493 e. The van der Waals surface area contributed by atoms with Crippen LogP contribution in [0.4, 0.5) is 0 Å². The molecule has 0 aromatic heterocycles. The molecule has 1 atom stereocenters. The molecule has 1 heterocycles. The van der Waals surface area contributed by atoms with E-state index in [1.165, 1.54) is 29.9 Å². The zero-order valence-corrected chi connectivity index (χ0v) is 14.9. The van der Waals surface area contributed by atoms with Crippen LogP contribution in [0, 0.1) is 0 Å². The van der Waals surface area contributed by atoms with E-state index in [2.05, 4.69) is 43.1 Å². The number of hydrogen-bond donors (Lipinski definition) is 1. The van der Waals surface area contributed by atoms with Gasteiger partial charge < -0.3 is 14.8 Å². The van der Waals surface area contributed by atoms with Crippen molar-refractivity contribution in [1.82, 2.24) is 5.32 Å². The van der Waals surface area contributed by atoms with Gasteiger partial charge in [-0.1, -0.05) is 19.4 Å². The van der Waals surface area contributed by atoms with Crippen LogP contribution in [0.1, 0.15) is 51.1 Å². The Bertz CT molecular complexity index is 447. The van der Waals surface area contributed by atoms with Crippen LogP contribution in [-0.4, -0.2) is 31.3 Å². The molecular formula is C18H29NO2S. The van der Waals surface area contributed by atoms with E-state index in [0.29, 0.717) is 12.1 Å². The van der Waals surface area contributed by atoms with Gasteiger partial charge in [-0.25, -0.2) is 0 Å². The van der Waals surface area contributed by atoms with Gasteiger partial charge in [-0.2, -0.15) is 11.8 Å². The van der Waals surface area contributed by atoms with Gasteiger partial charge in [0.1, 0.15) is 0 Å². The van der Waals surface area contributed by atoms with E-state index >= 15 is 0 Å². The summed E-state index contributed by atoms with van der Waals surface area (Å²) >= 11 is 2.06. The lowest BCUT2D eigenvalue weighted by atomic mass is 10.0. The molecule has 1 aromatic rings. The standard InChI is InChI=1S/C18H29NO2S/c1-4-5-10-21-17-7-6-15(13-18(17)20-3)14(2)19-16-8-11-22-12-9-16/h6-7,13-14,16,19H,4-5,8-12H2,1-3H3. The number of hydrogen-bond acceptors (Lipinski definition) is 4. The van der Waals surface area contributed by atoms with Gasteiger partial charge in [0.15, 0.2) is 11.5 Å². The summed E-state index contributed by atoms with van der Waals surface area (Å²) in [5, 5.41) is 3.75. The summed E-state index contributed by atoms with van der Waals surface area (Å²) in [6.45, 7) is 5.15. The first-order chi connectivity index (χ1) is 10.7. The lowest BCUT2D eigenvalue weighted by Crippen LogP contribution is -2.34. The summed E-state index contributed by atoms with van der Waals surface area (Å²) in [4.78, 5) is 0. The molecule has 0 radical (unpaired) electrons. The minimum Gasteiger partial charge on any atom is -0.493 e. The average Bonchev–Trinajstić information content (AvgIpc) is 2.56. The molecule has 0 amide bonds. The first-order valence-electron chi connectivity index (χ1n) is 8.39. The normalized spacial score (nSPS) is 17.2. The Morgan fingerprint density at radius 3 is 2.73 bits per heavy atom. The number of methoxy groups -OCH3 is 1. The number of thioether (sulfide) groups is 1. The smallest absolute Gasteiger partial charge is 0.161 e. The van der Waals surface area contributed by atoms with Gasteiger partial charge in [0.2, 0.25) is 0 Å². The zero-order valence-electron chi connectivity index (χ0n) is 14.1. The van der Waals surface area contributed by atoms with E-state index in [1.807, 2.05) is 6.07 Å². The quantitative estimate of drug-likeness (QED) is 0.717. The van der Waals surface area contributed by atoms with Crippen LogP contribution in [0.25, 0.3) is 0 Å². The molecule has 2 rings (SSSR count).